The molecule has 0 bridgehead atoms. The van der Waals surface area contributed by atoms with Crippen LogP contribution in [0.3, 0.4) is 0 Å². The highest BCUT2D eigenvalue weighted by Crippen LogP contribution is 2.44. The van der Waals surface area contributed by atoms with Gasteiger partial charge in [0.25, 0.3) is 0 Å². The van der Waals surface area contributed by atoms with Crippen LogP contribution in [-0.2, 0) is 9.59 Å². The number of carbonyl (C=O) groups excluding carboxylic acids is 1. The Balaban J connectivity index is 2.31. The molecule has 1 atom stereocenters. The zero-order valence-electron chi connectivity index (χ0n) is 8.12. The Morgan fingerprint density at radius 3 is 2.43 bits per heavy atom. The molecule has 3 N–H and O–H groups in total. The van der Waals surface area contributed by atoms with E-state index in [1.165, 1.54) is 6.92 Å². The van der Waals surface area contributed by atoms with E-state index < -0.39 is 17.8 Å². The predicted octanol–water partition coefficient (Wildman–Crippen LogP) is -0.404. The summed E-state index contributed by atoms with van der Waals surface area (Å²) in [7, 11) is 0. The third-order valence-corrected chi connectivity index (χ3v) is 2.69. The molecular weight excluding hydrogens is 186 g/mol. The Hall–Kier alpha value is -1.10. The molecule has 0 heterocycles. The Kier molecular flexibility index (Phi) is 3.10. The third-order valence-electron chi connectivity index (χ3n) is 2.69. The molecule has 1 unspecified atom stereocenters. The molecule has 0 saturated heterocycles. The Morgan fingerprint density at radius 2 is 2.07 bits per heavy atom. The number of hydrogen-bond donors (Lipinski definition) is 3. The number of hydrogen-bond acceptors (Lipinski definition) is 3. The van der Waals surface area contributed by atoms with Crippen molar-refractivity contribution in [2.75, 3.05) is 13.2 Å². The molecule has 0 aliphatic heterocycles. The smallest absolute Gasteiger partial charge is 0.315 e. The van der Waals surface area contributed by atoms with Gasteiger partial charge in [0.1, 0.15) is 5.92 Å². The Labute approximate surface area is 82.1 Å². The lowest BCUT2D eigenvalue weighted by atomic mass is 10.1. The van der Waals surface area contributed by atoms with Gasteiger partial charge in [-0.15, -0.1) is 0 Å². The molecule has 1 rings (SSSR count). The quantitative estimate of drug-likeness (QED) is 0.528. The molecule has 80 valence electrons. The van der Waals surface area contributed by atoms with E-state index in [4.69, 9.17) is 10.2 Å². The van der Waals surface area contributed by atoms with E-state index in [-0.39, 0.29) is 12.0 Å². The fraction of sp³-hybridized carbons (Fsp3) is 0.778. The van der Waals surface area contributed by atoms with Crippen LogP contribution >= 0.6 is 0 Å². The fourth-order valence-electron chi connectivity index (χ4n) is 1.11. The monoisotopic (exact) mass is 201 g/mol. The van der Waals surface area contributed by atoms with Crippen LogP contribution in [0.5, 0.6) is 0 Å². The van der Waals surface area contributed by atoms with Crippen LogP contribution in [0.1, 0.15) is 19.8 Å². The van der Waals surface area contributed by atoms with Crippen LogP contribution in [0.15, 0.2) is 0 Å². The molecule has 0 aromatic carbocycles. The second-order valence-corrected chi connectivity index (χ2v) is 3.94. The van der Waals surface area contributed by atoms with E-state index in [2.05, 4.69) is 5.32 Å². The lowest BCUT2D eigenvalue weighted by Gasteiger charge is -2.14. The summed E-state index contributed by atoms with van der Waals surface area (Å²) < 4.78 is 0. The molecule has 0 radical (unpaired) electrons. The molecule has 5 heteroatoms. The van der Waals surface area contributed by atoms with Crippen LogP contribution < -0.4 is 5.32 Å². The largest absolute Gasteiger partial charge is 0.481 e. The van der Waals surface area contributed by atoms with Gasteiger partial charge in [-0.05, 0) is 19.8 Å². The number of aliphatic hydroxyl groups excluding tert-OH is 1. The van der Waals surface area contributed by atoms with Gasteiger partial charge in [0.2, 0.25) is 5.91 Å². The molecular formula is C9H15NO4. The minimum atomic E-state index is -1.13. The number of carboxylic acids is 1. The minimum Gasteiger partial charge on any atom is -0.481 e. The van der Waals surface area contributed by atoms with Crippen molar-refractivity contribution >= 4 is 11.9 Å². The summed E-state index contributed by atoms with van der Waals surface area (Å²) in [5.74, 6) is -2.64. The normalized spacial score (nSPS) is 19.9. The van der Waals surface area contributed by atoms with Gasteiger partial charge < -0.3 is 15.5 Å². The van der Waals surface area contributed by atoms with E-state index in [9.17, 15) is 9.59 Å². The summed E-state index contributed by atoms with van der Waals surface area (Å²) in [6.45, 7) is 1.77. The topological polar surface area (TPSA) is 86.6 Å². The number of aliphatic hydroxyl groups is 1. The van der Waals surface area contributed by atoms with E-state index >= 15 is 0 Å². The second kappa shape index (κ2) is 3.96. The van der Waals surface area contributed by atoms with Crippen molar-refractivity contribution in [2.24, 2.45) is 11.3 Å². The van der Waals surface area contributed by atoms with Gasteiger partial charge in [-0.3, -0.25) is 9.59 Å². The van der Waals surface area contributed by atoms with Crippen molar-refractivity contribution < 1.29 is 19.8 Å². The van der Waals surface area contributed by atoms with Gasteiger partial charge in [0.15, 0.2) is 0 Å². The molecule has 0 spiro atoms. The molecule has 1 aliphatic carbocycles. The molecule has 1 fully saturated rings. The van der Waals surface area contributed by atoms with Crippen molar-refractivity contribution in [1.29, 1.82) is 0 Å². The summed E-state index contributed by atoms with van der Waals surface area (Å²) >= 11 is 0. The van der Waals surface area contributed by atoms with Gasteiger partial charge in [-0.25, -0.2) is 0 Å². The maximum atomic E-state index is 11.2. The highest BCUT2D eigenvalue weighted by Gasteiger charge is 2.42. The zero-order chi connectivity index (χ0) is 10.8. The molecule has 1 saturated carbocycles. The van der Waals surface area contributed by atoms with E-state index in [1.54, 1.807) is 0 Å². The van der Waals surface area contributed by atoms with Crippen LogP contribution in [0.2, 0.25) is 0 Å². The first-order chi connectivity index (χ1) is 6.51. The molecule has 1 aliphatic rings. The second-order valence-electron chi connectivity index (χ2n) is 3.94. The van der Waals surface area contributed by atoms with Crippen LogP contribution in [0.25, 0.3) is 0 Å². The number of aliphatic carboxylic acids is 1. The number of rotatable bonds is 5. The van der Waals surface area contributed by atoms with Crippen LogP contribution in [-0.4, -0.2) is 35.2 Å². The number of carbonyl (C=O) groups is 2. The maximum Gasteiger partial charge on any atom is 0.315 e. The maximum absolute atomic E-state index is 11.2. The number of carboxylic acid groups (broad SMARTS) is 1. The average Bonchev–Trinajstić information content (AvgIpc) is 2.93. The van der Waals surface area contributed by atoms with E-state index in [0.717, 1.165) is 12.8 Å². The first-order valence-electron chi connectivity index (χ1n) is 4.62. The minimum absolute atomic E-state index is 0.0503. The summed E-state index contributed by atoms with van der Waals surface area (Å²) in [4.78, 5) is 21.6. The number of amides is 1. The standard InChI is InChI=1S/C9H15NO4/c1-6(8(13)14)7(12)10-4-9(5-11)2-3-9/h6,11H,2-5H2,1H3,(H,10,12)(H,13,14). The summed E-state index contributed by atoms with van der Waals surface area (Å²) in [5.41, 5.74) is -0.173. The van der Waals surface area contributed by atoms with Crippen molar-refractivity contribution in [2.45, 2.75) is 19.8 Å². The van der Waals surface area contributed by atoms with Gasteiger partial charge in [0.05, 0.1) is 6.61 Å². The van der Waals surface area contributed by atoms with Crippen molar-refractivity contribution in [3.63, 3.8) is 0 Å². The molecule has 0 aromatic heterocycles. The average molecular weight is 201 g/mol. The Bertz CT molecular complexity index is 247. The SMILES string of the molecule is CC(C(=O)O)C(=O)NCC1(CO)CC1. The van der Waals surface area contributed by atoms with E-state index in [1.807, 2.05) is 0 Å². The van der Waals surface area contributed by atoms with Gasteiger partial charge >= 0.3 is 5.97 Å². The zero-order valence-corrected chi connectivity index (χ0v) is 8.12. The van der Waals surface area contributed by atoms with Crippen LogP contribution in [0, 0.1) is 11.3 Å². The highest BCUT2D eigenvalue weighted by molar-refractivity contribution is 5.96. The molecule has 5 nitrogen and oxygen atoms in total. The molecule has 0 aromatic rings. The van der Waals surface area contributed by atoms with Crippen molar-refractivity contribution in [1.82, 2.24) is 5.32 Å². The third kappa shape index (κ3) is 2.45. The summed E-state index contributed by atoms with van der Waals surface area (Å²) in [6.07, 6.45) is 1.79. The fourth-order valence-corrected chi connectivity index (χ4v) is 1.11. The first kappa shape index (κ1) is 11.0. The van der Waals surface area contributed by atoms with Crippen LogP contribution in [0.4, 0.5) is 0 Å². The lowest BCUT2D eigenvalue weighted by molar-refractivity contribution is -0.146. The van der Waals surface area contributed by atoms with Gasteiger partial charge in [-0.1, -0.05) is 0 Å². The first-order valence-corrected chi connectivity index (χ1v) is 4.62. The van der Waals surface area contributed by atoms with Gasteiger partial charge in [-0.2, -0.15) is 0 Å². The van der Waals surface area contributed by atoms with Crippen molar-refractivity contribution in [3.05, 3.63) is 0 Å². The molecule has 14 heavy (non-hydrogen) atoms. The van der Waals surface area contributed by atoms with E-state index in [0.29, 0.717) is 6.54 Å². The lowest BCUT2D eigenvalue weighted by Crippen LogP contribution is -2.37. The predicted molar refractivity (Wildman–Crippen MR) is 48.6 cm³/mol. The number of nitrogens with one attached hydrogen (secondary N) is 1. The Morgan fingerprint density at radius 1 is 1.50 bits per heavy atom. The highest BCUT2D eigenvalue weighted by atomic mass is 16.4. The van der Waals surface area contributed by atoms with Crippen molar-refractivity contribution in [3.8, 4) is 0 Å². The summed E-state index contributed by atoms with van der Waals surface area (Å²) in [5, 5.41) is 20.0. The molecule has 1 amide bonds. The summed E-state index contributed by atoms with van der Waals surface area (Å²) in [6, 6.07) is 0. The van der Waals surface area contributed by atoms with Gasteiger partial charge in [0, 0.05) is 12.0 Å².